The van der Waals surface area contributed by atoms with E-state index in [4.69, 9.17) is 0 Å². The number of piperidine rings is 1. The van der Waals surface area contributed by atoms with Crippen molar-refractivity contribution < 1.29 is 18.0 Å². The van der Waals surface area contributed by atoms with Crippen LogP contribution in [0.15, 0.2) is 29.2 Å². The Kier molecular flexibility index (Phi) is 7.18. The fourth-order valence-corrected chi connectivity index (χ4v) is 7.19. The van der Waals surface area contributed by atoms with E-state index in [0.29, 0.717) is 29.2 Å². The summed E-state index contributed by atoms with van der Waals surface area (Å²) in [5, 5.41) is 6.11. The Labute approximate surface area is 199 Å². The van der Waals surface area contributed by atoms with Gasteiger partial charge in [-0.1, -0.05) is 13.3 Å². The van der Waals surface area contributed by atoms with E-state index in [1.54, 1.807) is 7.05 Å². The van der Waals surface area contributed by atoms with Crippen molar-refractivity contribution in [2.45, 2.75) is 44.0 Å². The first-order valence-electron chi connectivity index (χ1n) is 11.4. The van der Waals surface area contributed by atoms with Gasteiger partial charge < -0.3 is 10.6 Å². The number of amides is 2. The van der Waals surface area contributed by atoms with E-state index in [9.17, 15) is 18.0 Å². The average Bonchev–Trinajstić information content (AvgIpc) is 3.20. The van der Waals surface area contributed by atoms with Gasteiger partial charge in [-0.05, 0) is 55.6 Å². The number of benzene rings is 1. The van der Waals surface area contributed by atoms with E-state index in [1.165, 1.54) is 39.9 Å². The van der Waals surface area contributed by atoms with Gasteiger partial charge in [0.25, 0.3) is 11.8 Å². The molecule has 2 aromatic rings. The SMILES string of the molecule is CCN1CCc2c(sc(NC(=O)c3ccc(S(=O)(=O)N4CCCCC4)cc3)c2C(=O)NC)C1. The second kappa shape index (κ2) is 9.92. The van der Waals surface area contributed by atoms with Crippen molar-refractivity contribution in [2.75, 3.05) is 38.5 Å². The lowest BCUT2D eigenvalue weighted by molar-refractivity contribution is 0.0962. The van der Waals surface area contributed by atoms with Gasteiger partial charge in [0.05, 0.1) is 10.5 Å². The molecule has 8 nitrogen and oxygen atoms in total. The number of rotatable bonds is 6. The number of carbonyl (C=O) groups excluding carboxylic acids is 2. The quantitative estimate of drug-likeness (QED) is 0.649. The molecule has 2 aliphatic heterocycles. The predicted octanol–water partition coefficient (Wildman–Crippen LogP) is 2.91. The van der Waals surface area contributed by atoms with Crippen molar-refractivity contribution in [1.82, 2.24) is 14.5 Å². The number of fused-ring (bicyclic) bond motifs is 1. The van der Waals surface area contributed by atoms with Crippen LogP contribution in [0.4, 0.5) is 5.00 Å². The fourth-order valence-electron chi connectivity index (χ4n) is 4.39. The number of sulfonamides is 1. The molecule has 1 saturated heterocycles. The van der Waals surface area contributed by atoms with Crippen LogP contribution in [0.5, 0.6) is 0 Å². The molecule has 0 spiro atoms. The maximum absolute atomic E-state index is 13.0. The van der Waals surface area contributed by atoms with Gasteiger partial charge in [0.15, 0.2) is 0 Å². The molecular weight excluding hydrogens is 460 g/mol. The van der Waals surface area contributed by atoms with E-state index in [2.05, 4.69) is 22.5 Å². The van der Waals surface area contributed by atoms with Crippen LogP contribution < -0.4 is 10.6 Å². The van der Waals surface area contributed by atoms with E-state index < -0.39 is 10.0 Å². The predicted molar refractivity (Wildman–Crippen MR) is 129 cm³/mol. The van der Waals surface area contributed by atoms with Gasteiger partial charge in [0.1, 0.15) is 5.00 Å². The smallest absolute Gasteiger partial charge is 0.256 e. The summed E-state index contributed by atoms with van der Waals surface area (Å²) in [7, 11) is -1.96. The van der Waals surface area contributed by atoms with Gasteiger partial charge in [0, 0.05) is 43.7 Å². The Balaban J connectivity index is 1.55. The van der Waals surface area contributed by atoms with Gasteiger partial charge in [-0.2, -0.15) is 4.31 Å². The van der Waals surface area contributed by atoms with Gasteiger partial charge in [-0.3, -0.25) is 14.5 Å². The molecule has 1 aromatic carbocycles. The normalized spacial score (nSPS) is 17.4. The minimum absolute atomic E-state index is 0.193. The number of anilines is 1. The highest BCUT2D eigenvalue weighted by molar-refractivity contribution is 7.89. The Morgan fingerprint density at radius 1 is 1.03 bits per heavy atom. The summed E-state index contributed by atoms with van der Waals surface area (Å²) >= 11 is 1.44. The minimum atomic E-state index is -3.55. The lowest BCUT2D eigenvalue weighted by Gasteiger charge is -2.25. The Morgan fingerprint density at radius 3 is 2.36 bits per heavy atom. The van der Waals surface area contributed by atoms with Gasteiger partial charge in [-0.25, -0.2) is 8.42 Å². The summed E-state index contributed by atoms with van der Waals surface area (Å²) < 4.78 is 27.2. The van der Waals surface area contributed by atoms with Crippen LogP contribution in [0, 0.1) is 0 Å². The van der Waals surface area contributed by atoms with Crippen LogP contribution in [0.25, 0.3) is 0 Å². The molecule has 0 unspecified atom stereocenters. The summed E-state index contributed by atoms with van der Waals surface area (Å²) in [5.74, 6) is -0.580. The molecule has 2 N–H and O–H groups in total. The van der Waals surface area contributed by atoms with Crippen molar-refractivity contribution in [3.63, 3.8) is 0 Å². The van der Waals surface area contributed by atoms with Crippen molar-refractivity contribution in [3.05, 3.63) is 45.8 Å². The number of hydrogen-bond donors (Lipinski definition) is 2. The molecule has 10 heteroatoms. The second-order valence-corrected chi connectivity index (χ2v) is 11.4. The summed E-state index contributed by atoms with van der Waals surface area (Å²) in [5.41, 5.74) is 1.88. The molecule has 0 saturated carbocycles. The van der Waals surface area contributed by atoms with E-state index in [0.717, 1.165) is 55.8 Å². The van der Waals surface area contributed by atoms with Crippen LogP contribution in [0.1, 0.15) is 57.3 Å². The van der Waals surface area contributed by atoms with E-state index >= 15 is 0 Å². The molecule has 2 aliphatic rings. The zero-order chi connectivity index (χ0) is 23.6. The maximum atomic E-state index is 13.0. The highest BCUT2D eigenvalue weighted by Crippen LogP contribution is 2.37. The standard InChI is InChI=1S/C23H30N4O4S2/c1-3-26-14-11-18-19(15-26)32-23(20(18)22(29)24-2)25-21(28)16-7-9-17(10-8-16)33(30,31)27-12-5-4-6-13-27/h7-10H,3-6,11-15H2,1-2H3,(H,24,29)(H,25,28). The molecule has 0 bridgehead atoms. The monoisotopic (exact) mass is 490 g/mol. The molecule has 33 heavy (non-hydrogen) atoms. The molecule has 178 valence electrons. The van der Waals surface area contributed by atoms with Gasteiger partial charge >= 0.3 is 0 Å². The maximum Gasteiger partial charge on any atom is 0.256 e. The third-order valence-corrected chi connectivity index (χ3v) is 9.38. The zero-order valence-electron chi connectivity index (χ0n) is 19.0. The highest BCUT2D eigenvalue weighted by atomic mass is 32.2. The summed E-state index contributed by atoms with van der Waals surface area (Å²) in [6.07, 6.45) is 3.55. The number of carbonyl (C=O) groups is 2. The molecule has 1 aromatic heterocycles. The van der Waals surface area contributed by atoms with Crippen LogP contribution in [-0.4, -0.2) is 62.7 Å². The lowest BCUT2D eigenvalue weighted by atomic mass is 10.0. The largest absolute Gasteiger partial charge is 0.355 e. The first-order valence-corrected chi connectivity index (χ1v) is 13.6. The second-order valence-electron chi connectivity index (χ2n) is 8.35. The van der Waals surface area contributed by atoms with E-state index in [-0.39, 0.29) is 16.7 Å². The molecule has 0 aliphatic carbocycles. The molecule has 4 rings (SSSR count). The summed E-state index contributed by atoms with van der Waals surface area (Å²) in [6.45, 7) is 5.75. The molecule has 0 radical (unpaired) electrons. The first kappa shape index (κ1) is 23.9. The Hall–Kier alpha value is -2.27. The average molecular weight is 491 g/mol. The third kappa shape index (κ3) is 4.84. The lowest BCUT2D eigenvalue weighted by Crippen LogP contribution is -2.35. The van der Waals surface area contributed by atoms with Crippen LogP contribution >= 0.6 is 11.3 Å². The Bertz CT molecular complexity index is 1140. The Morgan fingerprint density at radius 2 is 1.73 bits per heavy atom. The zero-order valence-corrected chi connectivity index (χ0v) is 20.7. The molecule has 3 heterocycles. The van der Waals surface area contributed by atoms with Crippen molar-refractivity contribution in [3.8, 4) is 0 Å². The molecule has 2 amide bonds. The van der Waals surface area contributed by atoms with Gasteiger partial charge in [-0.15, -0.1) is 11.3 Å². The minimum Gasteiger partial charge on any atom is -0.355 e. The van der Waals surface area contributed by atoms with Crippen molar-refractivity contribution in [2.24, 2.45) is 0 Å². The number of hydrogen-bond acceptors (Lipinski definition) is 6. The van der Waals surface area contributed by atoms with Crippen LogP contribution in [0.3, 0.4) is 0 Å². The summed E-state index contributed by atoms with van der Waals surface area (Å²) in [4.78, 5) is 29.2. The van der Waals surface area contributed by atoms with E-state index in [1.807, 2.05) is 0 Å². The van der Waals surface area contributed by atoms with Crippen molar-refractivity contribution in [1.29, 1.82) is 0 Å². The number of thiophene rings is 1. The van der Waals surface area contributed by atoms with Crippen LogP contribution in [0.2, 0.25) is 0 Å². The van der Waals surface area contributed by atoms with Crippen LogP contribution in [-0.2, 0) is 23.0 Å². The molecular formula is C23H30N4O4S2. The van der Waals surface area contributed by atoms with Crippen molar-refractivity contribution >= 4 is 38.2 Å². The molecule has 0 atom stereocenters. The third-order valence-electron chi connectivity index (χ3n) is 6.33. The van der Waals surface area contributed by atoms with Gasteiger partial charge in [0.2, 0.25) is 10.0 Å². The highest BCUT2D eigenvalue weighted by Gasteiger charge is 2.29. The summed E-state index contributed by atoms with van der Waals surface area (Å²) in [6, 6.07) is 6.02. The fraction of sp³-hybridized carbons (Fsp3) is 0.478. The number of nitrogens with zero attached hydrogens (tertiary/aromatic N) is 2. The number of nitrogens with one attached hydrogen (secondary N) is 2. The number of likely N-dealkylation sites (N-methyl/N-ethyl adjacent to an activating group) is 1. The molecule has 1 fully saturated rings. The topological polar surface area (TPSA) is 98.8 Å². The first-order chi connectivity index (χ1) is 15.8.